The number of aryl methyl sites for hydroxylation is 2. The van der Waals surface area contributed by atoms with E-state index < -0.39 is 0 Å². The number of fused-ring (bicyclic) bond motifs is 1. The van der Waals surface area contributed by atoms with Crippen molar-refractivity contribution in [1.29, 1.82) is 0 Å². The summed E-state index contributed by atoms with van der Waals surface area (Å²) in [5.74, 6) is 1.16. The third-order valence-corrected chi connectivity index (χ3v) is 3.97. The molecule has 0 unspecified atom stereocenters. The molecule has 3 rings (SSSR count). The number of methoxy groups -OCH3 is 2. The summed E-state index contributed by atoms with van der Waals surface area (Å²) in [6.45, 7) is 0. The van der Waals surface area contributed by atoms with Crippen molar-refractivity contribution in [3.8, 4) is 11.5 Å². The fourth-order valence-electron chi connectivity index (χ4n) is 2.80. The van der Waals surface area contributed by atoms with Crippen LogP contribution in [0.15, 0.2) is 36.4 Å². The molecule has 0 spiro atoms. The predicted octanol–water partition coefficient (Wildman–Crippen LogP) is 3.44. The minimum atomic E-state index is -0.120. The summed E-state index contributed by atoms with van der Waals surface area (Å²) in [6, 6.07) is 11.3. The van der Waals surface area contributed by atoms with Crippen LogP contribution in [0, 0.1) is 0 Å². The highest BCUT2D eigenvalue weighted by Gasteiger charge is 2.14. The molecule has 1 aliphatic rings. The minimum Gasteiger partial charge on any atom is -0.497 e. The number of amides is 1. The zero-order valence-corrected chi connectivity index (χ0v) is 12.8. The van der Waals surface area contributed by atoms with Gasteiger partial charge in [0.25, 0.3) is 5.91 Å². The van der Waals surface area contributed by atoms with Crippen molar-refractivity contribution >= 4 is 11.6 Å². The summed E-state index contributed by atoms with van der Waals surface area (Å²) >= 11 is 0. The highest BCUT2D eigenvalue weighted by atomic mass is 16.5. The molecule has 2 aromatic carbocycles. The molecule has 4 nitrogen and oxygen atoms in total. The fraction of sp³-hybridized carbons (Fsp3) is 0.278. The molecule has 0 saturated heterocycles. The van der Waals surface area contributed by atoms with Gasteiger partial charge >= 0.3 is 0 Å². The Morgan fingerprint density at radius 1 is 0.955 bits per heavy atom. The van der Waals surface area contributed by atoms with Gasteiger partial charge < -0.3 is 14.8 Å². The first kappa shape index (κ1) is 14.4. The van der Waals surface area contributed by atoms with Crippen LogP contribution in [0.4, 0.5) is 5.69 Å². The number of carbonyl (C=O) groups excluding carboxylic acids is 1. The first-order chi connectivity index (χ1) is 10.7. The molecule has 0 saturated carbocycles. The standard InChI is InChI=1S/C18H19NO3/c1-21-16-9-15(10-17(11-16)22-2)19-18(20)14-7-6-12-4-3-5-13(12)8-14/h6-11H,3-5H2,1-2H3,(H,19,20). The Hall–Kier alpha value is -2.49. The number of anilines is 1. The first-order valence-corrected chi connectivity index (χ1v) is 7.36. The van der Waals surface area contributed by atoms with Crippen LogP contribution in [0.5, 0.6) is 11.5 Å². The smallest absolute Gasteiger partial charge is 0.255 e. The average molecular weight is 297 g/mol. The van der Waals surface area contributed by atoms with Crippen LogP contribution in [0.2, 0.25) is 0 Å². The highest BCUT2D eigenvalue weighted by molar-refractivity contribution is 6.04. The molecule has 0 bridgehead atoms. The Kier molecular flexibility index (Phi) is 4.00. The lowest BCUT2D eigenvalue weighted by molar-refractivity contribution is 0.102. The SMILES string of the molecule is COc1cc(NC(=O)c2ccc3c(c2)CCC3)cc(OC)c1. The van der Waals surface area contributed by atoms with E-state index in [1.165, 1.54) is 17.5 Å². The molecule has 1 aliphatic carbocycles. The molecular weight excluding hydrogens is 278 g/mol. The summed E-state index contributed by atoms with van der Waals surface area (Å²) in [6.07, 6.45) is 3.35. The highest BCUT2D eigenvalue weighted by Crippen LogP contribution is 2.27. The van der Waals surface area contributed by atoms with Gasteiger partial charge in [-0.25, -0.2) is 0 Å². The van der Waals surface area contributed by atoms with Gasteiger partial charge in [0.05, 0.1) is 14.2 Å². The van der Waals surface area contributed by atoms with Crippen molar-refractivity contribution in [1.82, 2.24) is 0 Å². The maximum atomic E-state index is 12.4. The van der Waals surface area contributed by atoms with E-state index in [9.17, 15) is 4.79 Å². The summed E-state index contributed by atoms with van der Waals surface area (Å²) in [4.78, 5) is 12.4. The Morgan fingerprint density at radius 2 is 1.64 bits per heavy atom. The van der Waals surface area contributed by atoms with E-state index >= 15 is 0 Å². The Labute approximate surface area is 130 Å². The maximum Gasteiger partial charge on any atom is 0.255 e. The summed E-state index contributed by atoms with van der Waals surface area (Å²) < 4.78 is 10.4. The third-order valence-electron chi connectivity index (χ3n) is 3.97. The van der Waals surface area contributed by atoms with Crippen LogP contribution in [-0.2, 0) is 12.8 Å². The monoisotopic (exact) mass is 297 g/mol. The van der Waals surface area contributed by atoms with E-state index in [1.807, 2.05) is 12.1 Å². The van der Waals surface area contributed by atoms with E-state index in [0.717, 1.165) is 12.8 Å². The van der Waals surface area contributed by atoms with Gasteiger partial charge in [-0.1, -0.05) is 6.07 Å². The van der Waals surface area contributed by atoms with Crippen molar-refractivity contribution < 1.29 is 14.3 Å². The quantitative estimate of drug-likeness (QED) is 0.940. The maximum absolute atomic E-state index is 12.4. The Balaban J connectivity index is 1.82. The molecule has 114 valence electrons. The van der Waals surface area contributed by atoms with Crippen molar-refractivity contribution in [3.63, 3.8) is 0 Å². The number of rotatable bonds is 4. The van der Waals surface area contributed by atoms with Gasteiger partial charge in [0.15, 0.2) is 0 Å². The lowest BCUT2D eigenvalue weighted by Gasteiger charge is -2.10. The van der Waals surface area contributed by atoms with Gasteiger partial charge in [-0.15, -0.1) is 0 Å². The van der Waals surface area contributed by atoms with Crippen molar-refractivity contribution in [2.75, 3.05) is 19.5 Å². The number of hydrogen-bond donors (Lipinski definition) is 1. The van der Waals surface area contributed by atoms with Crippen LogP contribution in [0.1, 0.15) is 27.9 Å². The van der Waals surface area contributed by atoms with Gasteiger partial charge in [0, 0.05) is 29.4 Å². The van der Waals surface area contributed by atoms with Crippen molar-refractivity contribution in [2.45, 2.75) is 19.3 Å². The normalized spacial score (nSPS) is 12.6. The van der Waals surface area contributed by atoms with E-state index in [-0.39, 0.29) is 5.91 Å². The number of benzene rings is 2. The Bertz CT molecular complexity index is 687. The number of ether oxygens (including phenoxy) is 2. The van der Waals surface area contributed by atoms with E-state index in [1.54, 1.807) is 32.4 Å². The largest absolute Gasteiger partial charge is 0.497 e. The molecule has 0 aromatic heterocycles. The number of nitrogens with one attached hydrogen (secondary N) is 1. The molecule has 0 atom stereocenters. The summed E-state index contributed by atoms with van der Waals surface area (Å²) in [5.41, 5.74) is 3.99. The summed E-state index contributed by atoms with van der Waals surface area (Å²) in [5, 5.41) is 2.90. The molecular formula is C18H19NO3. The second-order valence-electron chi connectivity index (χ2n) is 5.39. The van der Waals surface area contributed by atoms with Crippen LogP contribution in [0.3, 0.4) is 0 Å². The molecule has 1 N–H and O–H groups in total. The van der Waals surface area contributed by atoms with E-state index in [2.05, 4.69) is 11.4 Å². The number of hydrogen-bond acceptors (Lipinski definition) is 3. The van der Waals surface area contributed by atoms with Gasteiger partial charge in [0.2, 0.25) is 0 Å². The molecule has 2 aromatic rings. The third kappa shape index (κ3) is 2.91. The molecule has 0 fully saturated rings. The minimum absolute atomic E-state index is 0.120. The van der Waals surface area contributed by atoms with Gasteiger partial charge in [-0.3, -0.25) is 4.79 Å². The molecule has 0 aliphatic heterocycles. The Morgan fingerprint density at radius 3 is 2.32 bits per heavy atom. The lowest BCUT2D eigenvalue weighted by Crippen LogP contribution is -2.12. The van der Waals surface area contributed by atoms with Gasteiger partial charge in [-0.2, -0.15) is 0 Å². The second-order valence-corrected chi connectivity index (χ2v) is 5.39. The van der Waals surface area contributed by atoms with Gasteiger partial charge in [0.1, 0.15) is 11.5 Å². The van der Waals surface area contributed by atoms with E-state index in [0.29, 0.717) is 22.7 Å². The van der Waals surface area contributed by atoms with Crippen LogP contribution in [-0.4, -0.2) is 20.1 Å². The molecule has 22 heavy (non-hydrogen) atoms. The zero-order chi connectivity index (χ0) is 15.5. The van der Waals surface area contributed by atoms with Crippen LogP contribution < -0.4 is 14.8 Å². The second kappa shape index (κ2) is 6.10. The van der Waals surface area contributed by atoms with Gasteiger partial charge in [-0.05, 0) is 42.5 Å². The van der Waals surface area contributed by atoms with E-state index in [4.69, 9.17) is 9.47 Å². The van der Waals surface area contributed by atoms with Crippen LogP contribution >= 0.6 is 0 Å². The van der Waals surface area contributed by atoms with Crippen molar-refractivity contribution in [3.05, 3.63) is 53.1 Å². The zero-order valence-electron chi connectivity index (χ0n) is 12.8. The summed E-state index contributed by atoms with van der Waals surface area (Å²) in [7, 11) is 3.17. The predicted molar refractivity (Wildman–Crippen MR) is 86.0 cm³/mol. The fourth-order valence-corrected chi connectivity index (χ4v) is 2.80. The molecule has 0 radical (unpaired) electrons. The van der Waals surface area contributed by atoms with Crippen molar-refractivity contribution in [2.24, 2.45) is 0 Å². The number of carbonyl (C=O) groups is 1. The first-order valence-electron chi connectivity index (χ1n) is 7.36. The molecule has 4 heteroatoms. The average Bonchev–Trinajstić information content (AvgIpc) is 3.01. The molecule has 1 amide bonds. The lowest BCUT2D eigenvalue weighted by atomic mass is 10.1. The molecule has 0 heterocycles. The van der Waals surface area contributed by atoms with Crippen LogP contribution in [0.25, 0.3) is 0 Å². The topological polar surface area (TPSA) is 47.6 Å².